The highest BCUT2D eigenvalue weighted by atomic mass is 16.8. The number of hydrogen-bond acceptors (Lipinski definition) is 8. The molecule has 0 aliphatic carbocycles. The van der Waals surface area contributed by atoms with Crippen molar-refractivity contribution < 1.29 is 38.4 Å². The van der Waals surface area contributed by atoms with Gasteiger partial charge in [0.25, 0.3) is 0 Å². The number of rotatable bonds is 5. The number of phenolic OH excluding ortho intramolecular Hbond substituents is 1. The van der Waals surface area contributed by atoms with E-state index in [2.05, 4.69) is 0 Å². The van der Waals surface area contributed by atoms with Crippen molar-refractivity contribution in [1.82, 2.24) is 0 Å². The highest BCUT2D eigenvalue weighted by Gasteiger charge is 2.45. The summed E-state index contributed by atoms with van der Waals surface area (Å²) in [5.74, 6) is -2.03. The van der Waals surface area contributed by atoms with Crippen molar-refractivity contribution in [3.63, 3.8) is 0 Å². The third-order valence-electron chi connectivity index (χ3n) is 6.90. The standard InChI is InChI=1S/C32H38O8/c1-6-17-36-24-18-23-13-10-14-27-29(40-32(4,5)39-27)26(38-30(34)22-11-8-7-9-12-22)16-15-20(2)21(3)37-31(35)28(23)25(33)19-24/h7-13,15-16,18-21,26-27,29,33H,6,14,17H2,1-5H3/b13-10+,16-15-/t20-,21+,26?,27+,29?/m1/s1. The molecule has 0 radical (unpaired) electrons. The summed E-state index contributed by atoms with van der Waals surface area (Å²) in [6.07, 6.45) is 6.04. The molecule has 2 aliphatic heterocycles. The number of benzene rings is 2. The van der Waals surface area contributed by atoms with Gasteiger partial charge in [-0.25, -0.2) is 9.59 Å². The average molecular weight is 551 g/mol. The molecule has 2 aliphatic rings. The van der Waals surface area contributed by atoms with Crippen LogP contribution in [0.25, 0.3) is 6.08 Å². The number of ether oxygens (including phenoxy) is 5. The molecule has 1 N–H and O–H groups in total. The Morgan fingerprint density at radius 1 is 1.10 bits per heavy atom. The SMILES string of the molecule is CCCOc1cc(O)c2c(c1)/C=C/C[C@@H]1OC(C)(C)OC1C(OC(=O)c1ccccc1)/C=C\[C@@H](C)[C@H](C)OC2=O. The van der Waals surface area contributed by atoms with E-state index in [1.165, 1.54) is 6.07 Å². The van der Waals surface area contributed by atoms with Crippen molar-refractivity contribution in [3.8, 4) is 11.5 Å². The number of carbonyl (C=O) groups is 2. The largest absolute Gasteiger partial charge is 0.507 e. The van der Waals surface area contributed by atoms with Gasteiger partial charge >= 0.3 is 11.9 Å². The second-order valence-electron chi connectivity index (χ2n) is 10.6. The summed E-state index contributed by atoms with van der Waals surface area (Å²) < 4.78 is 29.9. The lowest BCUT2D eigenvalue weighted by atomic mass is 9.98. The highest BCUT2D eigenvalue weighted by Crippen LogP contribution is 2.35. The van der Waals surface area contributed by atoms with E-state index in [-0.39, 0.29) is 17.2 Å². The van der Waals surface area contributed by atoms with Crippen LogP contribution in [0.1, 0.15) is 73.7 Å². The maximum absolute atomic E-state index is 13.2. The zero-order chi connectivity index (χ0) is 28.9. The predicted molar refractivity (Wildman–Crippen MR) is 150 cm³/mol. The van der Waals surface area contributed by atoms with E-state index < -0.39 is 42.1 Å². The molecular weight excluding hydrogens is 512 g/mol. The lowest BCUT2D eigenvalue weighted by molar-refractivity contribution is -0.152. The van der Waals surface area contributed by atoms with E-state index in [1.807, 2.05) is 45.9 Å². The van der Waals surface area contributed by atoms with Gasteiger partial charge in [0.15, 0.2) is 5.79 Å². The summed E-state index contributed by atoms with van der Waals surface area (Å²) in [5, 5.41) is 10.8. The van der Waals surface area contributed by atoms with Gasteiger partial charge in [-0.05, 0) is 63.5 Å². The predicted octanol–water partition coefficient (Wildman–Crippen LogP) is 6.08. The molecule has 0 saturated carbocycles. The van der Waals surface area contributed by atoms with Crippen LogP contribution in [0.4, 0.5) is 0 Å². The summed E-state index contributed by atoms with van der Waals surface area (Å²) in [6.45, 7) is 9.77. The van der Waals surface area contributed by atoms with Crippen molar-refractivity contribution in [1.29, 1.82) is 0 Å². The second kappa shape index (κ2) is 12.7. The van der Waals surface area contributed by atoms with Crippen molar-refractivity contribution >= 4 is 18.0 Å². The molecule has 0 aromatic heterocycles. The number of phenols is 1. The molecule has 4 rings (SSSR count). The normalized spacial score (nSPS) is 27.8. The fourth-order valence-corrected chi connectivity index (χ4v) is 4.69. The van der Waals surface area contributed by atoms with E-state index >= 15 is 0 Å². The van der Waals surface area contributed by atoms with E-state index in [1.54, 1.807) is 49.4 Å². The number of aromatic hydroxyl groups is 1. The summed E-state index contributed by atoms with van der Waals surface area (Å²) in [5.41, 5.74) is 0.957. The molecule has 2 aromatic rings. The minimum absolute atomic E-state index is 0.0651. The number of hydrogen-bond donors (Lipinski definition) is 1. The van der Waals surface area contributed by atoms with E-state index in [0.717, 1.165) is 6.42 Å². The van der Waals surface area contributed by atoms with Crippen molar-refractivity contribution in [2.45, 2.75) is 77.7 Å². The monoisotopic (exact) mass is 550 g/mol. The number of cyclic esters (lactones) is 1. The average Bonchev–Trinajstić information content (AvgIpc) is 3.23. The van der Waals surface area contributed by atoms with Gasteiger partial charge in [0, 0.05) is 12.0 Å². The Labute approximate surface area is 235 Å². The van der Waals surface area contributed by atoms with Gasteiger partial charge in [0.1, 0.15) is 35.4 Å². The number of fused-ring (bicyclic) bond motifs is 2. The van der Waals surface area contributed by atoms with Gasteiger partial charge in [-0.1, -0.05) is 50.3 Å². The fourth-order valence-electron chi connectivity index (χ4n) is 4.69. The lowest BCUT2D eigenvalue weighted by Crippen LogP contribution is -2.37. The third-order valence-corrected chi connectivity index (χ3v) is 6.90. The van der Waals surface area contributed by atoms with Crippen LogP contribution in [0.5, 0.6) is 11.5 Å². The number of esters is 2. The Morgan fingerprint density at radius 2 is 1.85 bits per heavy atom. The van der Waals surface area contributed by atoms with E-state index in [9.17, 15) is 14.7 Å². The molecule has 2 unspecified atom stereocenters. The molecule has 0 spiro atoms. The van der Waals surface area contributed by atoms with Gasteiger partial charge < -0.3 is 28.8 Å². The van der Waals surface area contributed by atoms with Crippen molar-refractivity contribution in [3.05, 3.63) is 77.4 Å². The van der Waals surface area contributed by atoms with Crippen molar-refractivity contribution in [2.24, 2.45) is 5.92 Å². The first-order valence-electron chi connectivity index (χ1n) is 13.7. The topological polar surface area (TPSA) is 101 Å². The Balaban J connectivity index is 1.71. The summed E-state index contributed by atoms with van der Waals surface area (Å²) >= 11 is 0. The Kier molecular flexibility index (Phi) is 9.32. The van der Waals surface area contributed by atoms with Crippen LogP contribution in [-0.2, 0) is 18.9 Å². The molecule has 1 fully saturated rings. The second-order valence-corrected chi connectivity index (χ2v) is 10.6. The molecule has 2 aromatic carbocycles. The van der Waals surface area contributed by atoms with Crippen LogP contribution in [0.3, 0.4) is 0 Å². The first kappa shape index (κ1) is 29.4. The van der Waals surface area contributed by atoms with Crippen molar-refractivity contribution in [2.75, 3.05) is 6.61 Å². The molecule has 8 nitrogen and oxygen atoms in total. The first-order valence-corrected chi connectivity index (χ1v) is 13.7. The van der Waals surface area contributed by atoms with Crippen LogP contribution < -0.4 is 4.74 Å². The molecular formula is C32H38O8. The summed E-state index contributed by atoms with van der Waals surface area (Å²) in [4.78, 5) is 26.2. The Morgan fingerprint density at radius 3 is 2.58 bits per heavy atom. The van der Waals surface area contributed by atoms with E-state index in [4.69, 9.17) is 23.7 Å². The minimum atomic E-state index is -0.905. The van der Waals surface area contributed by atoms with Gasteiger partial charge in [-0.3, -0.25) is 0 Å². The van der Waals surface area contributed by atoms with Crippen LogP contribution in [0, 0.1) is 5.92 Å². The maximum atomic E-state index is 13.2. The van der Waals surface area contributed by atoms with Crippen LogP contribution in [-0.4, -0.2) is 53.9 Å². The maximum Gasteiger partial charge on any atom is 0.342 e. The molecule has 8 heteroatoms. The quantitative estimate of drug-likeness (QED) is 0.353. The fraction of sp³-hybridized carbons (Fsp3) is 0.438. The van der Waals surface area contributed by atoms with Crippen LogP contribution >= 0.6 is 0 Å². The number of carbonyl (C=O) groups excluding carboxylic acids is 2. The molecule has 0 bridgehead atoms. The summed E-state index contributed by atoms with van der Waals surface area (Å²) in [6, 6.07) is 11.9. The Hall–Kier alpha value is -3.62. The molecule has 5 atom stereocenters. The third kappa shape index (κ3) is 7.11. The van der Waals surface area contributed by atoms with E-state index in [0.29, 0.717) is 29.9 Å². The highest BCUT2D eigenvalue weighted by molar-refractivity contribution is 5.97. The molecule has 2 heterocycles. The van der Waals surface area contributed by atoms with Gasteiger partial charge in [-0.2, -0.15) is 0 Å². The molecule has 214 valence electrons. The zero-order valence-corrected chi connectivity index (χ0v) is 23.7. The van der Waals surface area contributed by atoms with Crippen LogP contribution in [0.2, 0.25) is 0 Å². The van der Waals surface area contributed by atoms with Crippen LogP contribution in [0.15, 0.2) is 60.7 Å². The van der Waals surface area contributed by atoms with Gasteiger partial charge in [-0.15, -0.1) is 0 Å². The molecule has 0 amide bonds. The molecule has 1 saturated heterocycles. The lowest BCUT2D eigenvalue weighted by Gasteiger charge is -2.25. The summed E-state index contributed by atoms with van der Waals surface area (Å²) in [7, 11) is 0. The van der Waals surface area contributed by atoms with Gasteiger partial charge in [0.05, 0.1) is 18.3 Å². The van der Waals surface area contributed by atoms with Gasteiger partial charge in [0.2, 0.25) is 0 Å². The Bertz CT molecular complexity index is 1250. The minimum Gasteiger partial charge on any atom is -0.507 e. The first-order chi connectivity index (χ1) is 19.1. The zero-order valence-electron chi connectivity index (χ0n) is 23.7. The smallest absolute Gasteiger partial charge is 0.342 e. The molecule has 40 heavy (non-hydrogen) atoms.